The molecule has 1 aliphatic heterocycles. The molecule has 1 aromatic rings. The number of aromatic nitrogens is 1. The lowest BCUT2D eigenvalue weighted by Crippen LogP contribution is -2.43. The number of carbonyl (C=O) groups is 1. The molecular formula is C15H21N3O. The van der Waals surface area contributed by atoms with Crippen LogP contribution in [0.3, 0.4) is 0 Å². The normalized spacial score (nSPS) is 20.4. The number of carbonyl (C=O) groups excluding carboxylic acids is 1. The third-order valence-corrected chi connectivity index (χ3v) is 4.00. The number of nitrogens with zero attached hydrogens (tertiary/aromatic N) is 2. The van der Waals surface area contributed by atoms with Crippen molar-refractivity contribution in [1.29, 1.82) is 0 Å². The van der Waals surface area contributed by atoms with Crippen molar-refractivity contribution in [2.75, 3.05) is 18.4 Å². The van der Waals surface area contributed by atoms with E-state index in [0.717, 1.165) is 44.6 Å². The van der Waals surface area contributed by atoms with Gasteiger partial charge in [0, 0.05) is 31.2 Å². The van der Waals surface area contributed by atoms with Gasteiger partial charge in [0.25, 0.3) is 0 Å². The van der Waals surface area contributed by atoms with Gasteiger partial charge in [-0.25, -0.2) is 4.98 Å². The third kappa shape index (κ3) is 3.06. The van der Waals surface area contributed by atoms with E-state index in [1.807, 2.05) is 17.2 Å². The van der Waals surface area contributed by atoms with E-state index in [2.05, 4.69) is 23.3 Å². The van der Waals surface area contributed by atoms with Gasteiger partial charge in [0.1, 0.15) is 5.82 Å². The number of aryl methyl sites for hydroxylation is 1. The highest BCUT2D eigenvalue weighted by atomic mass is 16.2. The average Bonchev–Trinajstić information content (AvgIpc) is 3.23. The first-order valence-electron chi connectivity index (χ1n) is 7.20. The van der Waals surface area contributed by atoms with E-state index in [0.29, 0.717) is 17.9 Å². The Hall–Kier alpha value is -1.58. The minimum absolute atomic E-state index is 0.350. The Bertz CT molecular complexity index is 462. The Morgan fingerprint density at radius 3 is 2.68 bits per heavy atom. The summed E-state index contributed by atoms with van der Waals surface area (Å²) in [7, 11) is 0. The molecule has 102 valence electrons. The topological polar surface area (TPSA) is 45.2 Å². The van der Waals surface area contributed by atoms with Crippen molar-refractivity contribution in [3.63, 3.8) is 0 Å². The maximum Gasteiger partial charge on any atom is 0.225 e. The van der Waals surface area contributed by atoms with Crippen molar-refractivity contribution in [1.82, 2.24) is 9.88 Å². The Labute approximate surface area is 114 Å². The second-order valence-electron chi connectivity index (χ2n) is 5.74. The number of hydrogen-bond acceptors (Lipinski definition) is 3. The molecule has 1 N–H and O–H groups in total. The molecule has 2 heterocycles. The van der Waals surface area contributed by atoms with Gasteiger partial charge in [0.2, 0.25) is 5.91 Å². The summed E-state index contributed by atoms with van der Waals surface area (Å²) < 4.78 is 0. The zero-order valence-electron chi connectivity index (χ0n) is 11.4. The molecule has 19 heavy (non-hydrogen) atoms. The average molecular weight is 259 g/mol. The summed E-state index contributed by atoms with van der Waals surface area (Å²) in [4.78, 5) is 18.3. The molecule has 4 nitrogen and oxygen atoms in total. The van der Waals surface area contributed by atoms with Gasteiger partial charge >= 0.3 is 0 Å². The van der Waals surface area contributed by atoms with Crippen LogP contribution in [-0.2, 0) is 4.79 Å². The van der Waals surface area contributed by atoms with Crippen LogP contribution >= 0.6 is 0 Å². The van der Waals surface area contributed by atoms with E-state index in [-0.39, 0.29) is 0 Å². The zero-order chi connectivity index (χ0) is 13.2. The largest absolute Gasteiger partial charge is 0.367 e. The van der Waals surface area contributed by atoms with E-state index in [9.17, 15) is 4.79 Å². The van der Waals surface area contributed by atoms with Crippen LogP contribution in [0.2, 0.25) is 0 Å². The monoisotopic (exact) mass is 259 g/mol. The van der Waals surface area contributed by atoms with Gasteiger partial charge in [-0.3, -0.25) is 4.79 Å². The molecule has 4 heteroatoms. The van der Waals surface area contributed by atoms with E-state index in [1.54, 1.807) is 0 Å². The second-order valence-corrected chi connectivity index (χ2v) is 5.74. The fourth-order valence-electron chi connectivity index (χ4n) is 2.66. The van der Waals surface area contributed by atoms with E-state index < -0.39 is 0 Å². The van der Waals surface area contributed by atoms with Crippen molar-refractivity contribution in [3.8, 4) is 0 Å². The third-order valence-electron chi connectivity index (χ3n) is 4.00. The zero-order valence-corrected chi connectivity index (χ0v) is 11.4. The first kappa shape index (κ1) is 12.5. The van der Waals surface area contributed by atoms with Gasteiger partial charge in [-0.1, -0.05) is 0 Å². The van der Waals surface area contributed by atoms with E-state index in [4.69, 9.17) is 0 Å². The van der Waals surface area contributed by atoms with Crippen LogP contribution in [0.5, 0.6) is 0 Å². The Morgan fingerprint density at radius 2 is 2.05 bits per heavy atom. The number of anilines is 1. The van der Waals surface area contributed by atoms with Gasteiger partial charge in [-0.05, 0) is 50.3 Å². The molecule has 0 radical (unpaired) electrons. The highest BCUT2D eigenvalue weighted by Crippen LogP contribution is 2.32. The van der Waals surface area contributed by atoms with Crippen molar-refractivity contribution >= 4 is 11.7 Å². The molecule has 0 aromatic carbocycles. The van der Waals surface area contributed by atoms with Crippen LogP contribution in [0, 0.1) is 12.8 Å². The van der Waals surface area contributed by atoms with Gasteiger partial charge in [-0.15, -0.1) is 0 Å². The SMILES string of the molecule is Cc1ccnc(NC2CCN(C(=O)C3CC3)CC2)c1. The predicted molar refractivity (Wildman–Crippen MR) is 74.9 cm³/mol. The van der Waals surface area contributed by atoms with Crippen molar-refractivity contribution in [3.05, 3.63) is 23.9 Å². The molecule has 0 spiro atoms. The lowest BCUT2D eigenvalue weighted by Gasteiger charge is -2.32. The van der Waals surface area contributed by atoms with Crippen molar-refractivity contribution in [2.24, 2.45) is 5.92 Å². The van der Waals surface area contributed by atoms with Gasteiger partial charge in [0.05, 0.1) is 0 Å². The van der Waals surface area contributed by atoms with Crippen LogP contribution in [0.15, 0.2) is 18.3 Å². The summed E-state index contributed by atoms with van der Waals surface area (Å²) in [5, 5.41) is 3.48. The maximum absolute atomic E-state index is 12.0. The Morgan fingerprint density at radius 1 is 1.32 bits per heavy atom. The van der Waals surface area contributed by atoms with Gasteiger partial charge < -0.3 is 10.2 Å². The number of likely N-dealkylation sites (tertiary alicyclic amines) is 1. The summed E-state index contributed by atoms with van der Waals surface area (Å²) in [6, 6.07) is 4.52. The van der Waals surface area contributed by atoms with Gasteiger partial charge in [0.15, 0.2) is 0 Å². The summed E-state index contributed by atoms with van der Waals surface area (Å²) >= 11 is 0. The standard InChI is InChI=1S/C15H21N3O/c1-11-4-7-16-14(10-11)17-13-5-8-18(9-6-13)15(19)12-2-3-12/h4,7,10,12-13H,2-3,5-6,8-9H2,1H3,(H,16,17). The fraction of sp³-hybridized carbons (Fsp3) is 0.600. The quantitative estimate of drug-likeness (QED) is 0.905. The summed E-state index contributed by atoms with van der Waals surface area (Å²) in [6.45, 7) is 3.85. The van der Waals surface area contributed by atoms with Crippen molar-refractivity contribution in [2.45, 2.75) is 38.6 Å². The molecule has 2 aliphatic rings. The molecule has 3 rings (SSSR count). The minimum Gasteiger partial charge on any atom is -0.367 e. The van der Waals surface area contributed by atoms with E-state index in [1.165, 1.54) is 5.56 Å². The number of hydrogen-bond donors (Lipinski definition) is 1. The van der Waals surface area contributed by atoms with Gasteiger partial charge in [-0.2, -0.15) is 0 Å². The highest BCUT2D eigenvalue weighted by Gasteiger charge is 2.34. The smallest absolute Gasteiger partial charge is 0.225 e. The summed E-state index contributed by atoms with van der Waals surface area (Å²) in [5.74, 6) is 1.68. The molecular weight excluding hydrogens is 238 g/mol. The summed E-state index contributed by atoms with van der Waals surface area (Å²) in [6.07, 6.45) is 6.08. The number of piperidine rings is 1. The predicted octanol–water partition coefficient (Wildman–Crippen LogP) is 2.20. The summed E-state index contributed by atoms with van der Waals surface area (Å²) in [5.41, 5.74) is 1.22. The Balaban J connectivity index is 1.51. The maximum atomic E-state index is 12.0. The second kappa shape index (κ2) is 5.19. The molecule has 0 bridgehead atoms. The fourth-order valence-corrected chi connectivity index (χ4v) is 2.66. The number of rotatable bonds is 3. The van der Waals surface area contributed by atoms with Crippen LogP contribution in [0.1, 0.15) is 31.2 Å². The number of pyridine rings is 1. The first-order chi connectivity index (χ1) is 9.22. The molecule has 1 aromatic heterocycles. The molecule has 1 aliphatic carbocycles. The molecule has 2 fully saturated rings. The molecule has 1 saturated heterocycles. The van der Waals surface area contributed by atoms with Crippen LogP contribution in [0.4, 0.5) is 5.82 Å². The lowest BCUT2D eigenvalue weighted by atomic mass is 10.0. The minimum atomic E-state index is 0.350. The number of amides is 1. The molecule has 1 saturated carbocycles. The Kier molecular flexibility index (Phi) is 3.40. The highest BCUT2D eigenvalue weighted by molar-refractivity contribution is 5.81. The first-order valence-corrected chi connectivity index (χ1v) is 7.20. The molecule has 0 unspecified atom stereocenters. The number of nitrogens with one attached hydrogen (secondary N) is 1. The van der Waals surface area contributed by atoms with Crippen LogP contribution < -0.4 is 5.32 Å². The van der Waals surface area contributed by atoms with E-state index >= 15 is 0 Å². The molecule has 1 amide bonds. The van der Waals surface area contributed by atoms with Crippen LogP contribution in [0.25, 0.3) is 0 Å². The molecule has 0 atom stereocenters. The lowest BCUT2D eigenvalue weighted by molar-refractivity contribution is -0.133. The van der Waals surface area contributed by atoms with Crippen molar-refractivity contribution < 1.29 is 4.79 Å². The van der Waals surface area contributed by atoms with Crippen LogP contribution in [-0.4, -0.2) is 34.9 Å².